The Morgan fingerprint density at radius 2 is 1.95 bits per heavy atom. The summed E-state index contributed by atoms with van der Waals surface area (Å²) in [5, 5.41) is 3.57. The Morgan fingerprint density at radius 3 is 2.67 bits per heavy atom. The maximum absolute atomic E-state index is 5.49. The Labute approximate surface area is 128 Å². The second-order valence-electron chi connectivity index (χ2n) is 5.96. The number of nitrogens with one attached hydrogen (secondary N) is 1. The van der Waals surface area contributed by atoms with E-state index in [9.17, 15) is 0 Å². The molecule has 0 fully saturated rings. The van der Waals surface area contributed by atoms with Crippen LogP contribution < -0.4 is 14.8 Å². The van der Waals surface area contributed by atoms with Crippen LogP contribution >= 0.6 is 0 Å². The van der Waals surface area contributed by atoms with Gasteiger partial charge < -0.3 is 19.7 Å². The summed E-state index contributed by atoms with van der Waals surface area (Å²) in [6.07, 6.45) is 1.22. The molecule has 2 unspecified atom stereocenters. The molecule has 0 amide bonds. The van der Waals surface area contributed by atoms with Crippen LogP contribution in [0.5, 0.6) is 11.5 Å². The summed E-state index contributed by atoms with van der Waals surface area (Å²) in [7, 11) is 2.20. The van der Waals surface area contributed by atoms with E-state index in [2.05, 4.69) is 50.2 Å². The zero-order chi connectivity index (χ0) is 15.2. The molecule has 21 heavy (non-hydrogen) atoms. The Balaban J connectivity index is 2.04. The number of ether oxygens (including phenoxy) is 2. The van der Waals surface area contributed by atoms with Crippen molar-refractivity contribution < 1.29 is 9.47 Å². The topological polar surface area (TPSA) is 33.7 Å². The minimum absolute atomic E-state index is 0.318. The van der Waals surface area contributed by atoms with Gasteiger partial charge in [-0.15, -0.1) is 0 Å². The standard InChI is InChI=1S/C17H28N2O2/c1-5-13(3)10-19(4)11-15(18-6-2)14-7-8-16-17(9-14)21-12-20-16/h7-9,13,15,18H,5-6,10-12H2,1-4H3. The first-order chi connectivity index (χ1) is 10.1. The summed E-state index contributed by atoms with van der Waals surface area (Å²) >= 11 is 0. The van der Waals surface area contributed by atoms with E-state index >= 15 is 0 Å². The molecule has 2 rings (SSSR count). The molecule has 1 aliphatic heterocycles. The second-order valence-corrected chi connectivity index (χ2v) is 5.96. The minimum atomic E-state index is 0.318. The summed E-state index contributed by atoms with van der Waals surface area (Å²) in [4.78, 5) is 2.41. The van der Waals surface area contributed by atoms with Gasteiger partial charge in [-0.25, -0.2) is 0 Å². The quantitative estimate of drug-likeness (QED) is 0.798. The van der Waals surface area contributed by atoms with Crippen LogP contribution in [0.3, 0.4) is 0 Å². The Hall–Kier alpha value is -1.26. The maximum Gasteiger partial charge on any atom is 0.231 e. The molecule has 1 aliphatic rings. The summed E-state index contributed by atoms with van der Waals surface area (Å²) in [6.45, 7) is 10.1. The van der Waals surface area contributed by atoms with Crippen molar-refractivity contribution in [2.24, 2.45) is 5.92 Å². The third kappa shape index (κ3) is 4.35. The Morgan fingerprint density at radius 1 is 1.19 bits per heavy atom. The molecule has 0 spiro atoms. The lowest BCUT2D eigenvalue weighted by Gasteiger charge is -2.27. The lowest BCUT2D eigenvalue weighted by Crippen LogP contribution is -2.35. The normalized spacial score (nSPS) is 16.2. The van der Waals surface area contributed by atoms with Crippen LogP contribution in [-0.4, -0.2) is 38.4 Å². The SMILES string of the molecule is CCNC(CN(C)CC(C)CC)c1ccc2c(c1)OCO2. The van der Waals surface area contributed by atoms with E-state index in [0.717, 1.165) is 37.1 Å². The maximum atomic E-state index is 5.49. The number of nitrogens with zero attached hydrogens (tertiary/aromatic N) is 1. The van der Waals surface area contributed by atoms with Gasteiger partial charge in [0.15, 0.2) is 11.5 Å². The van der Waals surface area contributed by atoms with Crippen molar-refractivity contribution in [3.63, 3.8) is 0 Å². The third-order valence-electron chi connectivity index (χ3n) is 4.06. The lowest BCUT2D eigenvalue weighted by molar-refractivity contribution is 0.174. The van der Waals surface area contributed by atoms with Gasteiger partial charge in [-0.05, 0) is 37.2 Å². The molecule has 0 aromatic heterocycles. The summed E-state index contributed by atoms with van der Waals surface area (Å²) in [6, 6.07) is 6.57. The van der Waals surface area contributed by atoms with Crippen LogP contribution in [0.1, 0.15) is 38.8 Å². The number of fused-ring (bicyclic) bond motifs is 1. The van der Waals surface area contributed by atoms with E-state index in [1.165, 1.54) is 12.0 Å². The molecule has 0 bridgehead atoms. The van der Waals surface area contributed by atoms with Crippen molar-refractivity contribution in [2.75, 3.05) is 33.5 Å². The summed E-state index contributed by atoms with van der Waals surface area (Å²) in [5.74, 6) is 2.44. The van der Waals surface area contributed by atoms with Crippen molar-refractivity contribution in [3.8, 4) is 11.5 Å². The van der Waals surface area contributed by atoms with Crippen LogP contribution in [0.4, 0.5) is 0 Å². The first-order valence-corrected chi connectivity index (χ1v) is 7.95. The van der Waals surface area contributed by atoms with Gasteiger partial charge in [-0.3, -0.25) is 0 Å². The fraction of sp³-hybridized carbons (Fsp3) is 0.647. The molecule has 1 N–H and O–H groups in total. The predicted octanol–water partition coefficient (Wildman–Crippen LogP) is 3.04. The van der Waals surface area contributed by atoms with Crippen LogP contribution in [0.25, 0.3) is 0 Å². The van der Waals surface area contributed by atoms with E-state index in [-0.39, 0.29) is 0 Å². The first-order valence-electron chi connectivity index (χ1n) is 7.95. The number of benzene rings is 1. The van der Waals surface area contributed by atoms with Gasteiger partial charge >= 0.3 is 0 Å². The van der Waals surface area contributed by atoms with Gasteiger partial charge in [0.1, 0.15) is 0 Å². The van der Waals surface area contributed by atoms with Gasteiger partial charge in [0.2, 0.25) is 6.79 Å². The molecule has 0 saturated heterocycles. The number of likely N-dealkylation sites (N-methyl/N-ethyl adjacent to an activating group) is 2. The van der Waals surface area contributed by atoms with Gasteiger partial charge in [-0.2, -0.15) is 0 Å². The van der Waals surface area contributed by atoms with Crippen molar-refractivity contribution in [1.29, 1.82) is 0 Å². The van der Waals surface area contributed by atoms with Crippen LogP contribution in [0, 0.1) is 5.92 Å². The van der Waals surface area contributed by atoms with Gasteiger partial charge in [-0.1, -0.05) is 33.3 Å². The number of rotatable bonds is 8. The van der Waals surface area contributed by atoms with E-state index in [4.69, 9.17) is 9.47 Å². The number of hydrogen-bond donors (Lipinski definition) is 1. The fourth-order valence-corrected chi connectivity index (χ4v) is 2.71. The van der Waals surface area contributed by atoms with Crippen molar-refractivity contribution in [1.82, 2.24) is 10.2 Å². The monoisotopic (exact) mass is 292 g/mol. The summed E-state index contributed by atoms with van der Waals surface area (Å²) in [5.41, 5.74) is 1.26. The van der Waals surface area contributed by atoms with Gasteiger partial charge in [0, 0.05) is 19.1 Å². The predicted molar refractivity (Wildman–Crippen MR) is 85.9 cm³/mol. The minimum Gasteiger partial charge on any atom is -0.454 e. The highest BCUT2D eigenvalue weighted by Gasteiger charge is 2.19. The largest absolute Gasteiger partial charge is 0.454 e. The number of hydrogen-bond acceptors (Lipinski definition) is 4. The highest BCUT2D eigenvalue weighted by Crippen LogP contribution is 2.34. The first kappa shape index (κ1) is 16.1. The van der Waals surface area contributed by atoms with Gasteiger partial charge in [0.25, 0.3) is 0 Å². The summed E-state index contributed by atoms with van der Waals surface area (Å²) < 4.78 is 10.9. The second kappa shape index (κ2) is 7.66. The molecular weight excluding hydrogens is 264 g/mol. The molecule has 4 heteroatoms. The fourth-order valence-electron chi connectivity index (χ4n) is 2.71. The zero-order valence-electron chi connectivity index (χ0n) is 13.7. The Bertz CT molecular complexity index is 450. The zero-order valence-corrected chi connectivity index (χ0v) is 13.7. The highest BCUT2D eigenvalue weighted by molar-refractivity contribution is 5.45. The highest BCUT2D eigenvalue weighted by atomic mass is 16.7. The van der Waals surface area contributed by atoms with Crippen LogP contribution in [-0.2, 0) is 0 Å². The molecule has 0 saturated carbocycles. The smallest absolute Gasteiger partial charge is 0.231 e. The lowest BCUT2D eigenvalue weighted by atomic mass is 10.0. The van der Waals surface area contributed by atoms with Crippen molar-refractivity contribution in [3.05, 3.63) is 23.8 Å². The van der Waals surface area contributed by atoms with E-state index in [1.54, 1.807) is 0 Å². The molecule has 1 aromatic carbocycles. The molecule has 1 aromatic rings. The Kier molecular flexibility index (Phi) is 5.88. The average Bonchev–Trinajstić information content (AvgIpc) is 2.93. The molecule has 118 valence electrons. The third-order valence-corrected chi connectivity index (χ3v) is 4.06. The average molecular weight is 292 g/mol. The van der Waals surface area contributed by atoms with E-state index in [0.29, 0.717) is 12.8 Å². The molecular formula is C17H28N2O2. The van der Waals surface area contributed by atoms with Crippen LogP contribution in [0.2, 0.25) is 0 Å². The molecule has 4 nitrogen and oxygen atoms in total. The molecule has 0 radical (unpaired) electrons. The van der Waals surface area contributed by atoms with Crippen molar-refractivity contribution >= 4 is 0 Å². The van der Waals surface area contributed by atoms with E-state index < -0.39 is 0 Å². The van der Waals surface area contributed by atoms with Gasteiger partial charge in [0.05, 0.1) is 0 Å². The molecule has 1 heterocycles. The molecule has 0 aliphatic carbocycles. The van der Waals surface area contributed by atoms with Crippen LogP contribution in [0.15, 0.2) is 18.2 Å². The van der Waals surface area contributed by atoms with E-state index in [1.807, 2.05) is 6.07 Å². The van der Waals surface area contributed by atoms with Crippen molar-refractivity contribution in [2.45, 2.75) is 33.2 Å². The molecule has 2 atom stereocenters.